The molecule has 0 aliphatic heterocycles. The van der Waals surface area contributed by atoms with Crippen molar-refractivity contribution < 1.29 is 28.6 Å². The summed E-state index contributed by atoms with van der Waals surface area (Å²) in [4.78, 5) is 37.8. The number of hydrogen-bond acceptors (Lipinski definition) is 6. The number of unbranched alkanes of at least 4 members (excludes halogenated alkanes) is 19. The first-order valence-electron chi connectivity index (χ1n) is 25.1. The lowest BCUT2D eigenvalue weighted by Crippen LogP contribution is -2.30. The maximum absolute atomic E-state index is 12.8. The lowest BCUT2D eigenvalue weighted by Gasteiger charge is -2.18. The van der Waals surface area contributed by atoms with Gasteiger partial charge in [-0.15, -0.1) is 0 Å². The third kappa shape index (κ3) is 47.5. The highest BCUT2D eigenvalue weighted by atomic mass is 16.6. The van der Waals surface area contributed by atoms with E-state index in [-0.39, 0.29) is 37.5 Å². The van der Waals surface area contributed by atoms with E-state index in [1.165, 1.54) is 83.5 Å². The average Bonchev–Trinajstić information content (AvgIpc) is 3.26. The summed E-state index contributed by atoms with van der Waals surface area (Å²) in [6.07, 6.45) is 62.9. The van der Waals surface area contributed by atoms with Crippen LogP contribution in [0.1, 0.15) is 226 Å². The molecule has 348 valence electrons. The molecule has 1 unspecified atom stereocenters. The van der Waals surface area contributed by atoms with Gasteiger partial charge in [0.25, 0.3) is 0 Å². The van der Waals surface area contributed by atoms with E-state index in [2.05, 4.69) is 99.8 Å². The molecule has 61 heavy (non-hydrogen) atoms. The number of ether oxygens (including phenoxy) is 3. The summed E-state index contributed by atoms with van der Waals surface area (Å²) in [5.41, 5.74) is 0. The first-order valence-corrected chi connectivity index (χ1v) is 25.1. The van der Waals surface area contributed by atoms with Crippen LogP contribution in [0.15, 0.2) is 85.1 Å². The number of rotatable bonds is 44. The summed E-state index contributed by atoms with van der Waals surface area (Å²) in [7, 11) is 0. The lowest BCUT2D eigenvalue weighted by molar-refractivity contribution is -0.166. The van der Waals surface area contributed by atoms with Crippen molar-refractivity contribution in [2.45, 2.75) is 232 Å². The Morgan fingerprint density at radius 1 is 0.344 bits per heavy atom. The zero-order valence-corrected chi connectivity index (χ0v) is 39.7. The zero-order chi connectivity index (χ0) is 44.4. The van der Waals surface area contributed by atoms with Crippen LogP contribution in [0.2, 0.25) is 0 Å². The van der Waals surface area contributed by atoms with E-state index in [4.69, 9.17) is 14.2 Å². The van der Waals surface area contributed by atoms with Crippen molar-refractivity contribution in [2.75, 3.05) is 13.2 Å². The first-order chi connectivity index (χ1) is 30.0. The Labute approximate surface area is 375 Å². The second-order valence-electron chi connectivity index (χ2n) is 16.3. The molecular weight excluding hydrogens is 757 g/mol. The largest absolute Gasteiger partial charge is 0.462 e. The minimum Gasteiger partial charge on any atom is -0.462 e. The Kier molecular flexibility index (Phi) is 46.5. The van der Waals surface area contributed by atoms with E-state index in [9.17, 15) is 14.4 Å². The normalized spacial score (nSPS) is 12.8. The van der Waals surface area contributed by atoms with Crippen molar-refractivity contribution in [3.8, 4) is 0 Å². The van der Waals surface area contributed by atoms with Gasteiger partial charge in [0.15, 0.2) is 6.10 Å². The number of allylic oxidation sites excluding steroid dienone is 14. The maximum Gasteiger partial charge on any atom is 0.306 e. The third-order valence-corrected chi connectivity index (χ3v) is 10.4. The summed E-state index contributed by atoms with van der Waals surface area (Å²) in [6.45, 7) is 6.40. The van der Waals surface area contributed by atoms with Gasteiger partial charge in [-0.1, -0.05) is 215 Å². The molecule has 0 radical (unpaired) electrons. The number of hydrogen-bond donors (Lipinski definition) is 0. The molecule has 0 heterocycles. The summed E-state index contributed by atoms with van der Waals surface area (Å²) in [6, 6.07) is 0. The standard InChI is InChI=1S/C55H92O6/c1-4-7-10-13-16-19-22-24-26-27-28-29-30-32-33-36-39-42-45-48-54(57)60-51-52(50-59-53(56)47-44-41-38-35-21-18-15-12-9-6-3)61-55(58)49-46-43-40-37-34-31-25-23-20-17-14-11-8-5-2/h7,10,15-16,18-19,24,26,28-29,32-33,39,42,52H,4-6,8-9,11-14,17,20-23,25,27,30-31,34-38,40-41,43-51H2,1-3H3/b10-7-,18-15-,19-16-,26-24-,29-28-,33-32-,42-39-. The minimum atomic E-state index is -0.808. The molecule has 0 saturated carbocycles. The third-order valence-electron chi connectivity index (χ3n) is 10.4. The SMILES string of the molecule is CC/C=C\C/C=C\C/C=C\C/C=C\C/C=C\C/C=C\CCC(=O)OCC(COC(=O)CCCCCC/C=C\CCCC)OC(=O)CCCCCCCCCCCCCCCC. The number of esters is 3. The Hall–Kier alpha value is -3.41. The molecule has 0 aliphatic rings. The van der Waals surface area contributed by atoms with Gasteiger partial charge < -0.3 is 14.2 Å². The number of carbonyl (C=O) groups is 3. The molecule has 0 rings (SSSR count). The topological polar surface area (TPSA) is 78.9 Å². The van der Waals surface area contributed by atoms with Crippen molar-refractivity contribution in [3.63, 3.8) is 0 Å². The summed E-state index contributed by atoms with van der Waals surface area (Å²) in [5, 5.41) is 0. The van der Waals surface area contributed by atoms with Crippen LogP contribution >= 0.6 is 0 Å². The van der Waals surface area contributed by atoms with Crippen LogP contribution < -0.4 is 0 Å². The highest BCUT2D eigenvalue weighted by Gasteiger charge is 2.19. The van der Waals surface area contributed by atoms with Gasteiger partial charge in [0.2, 0.25) is 0 Å². The quantitative estimate of drug-likeness (QED) is 0.0263. The molecule has 6 heteroatoms. The Balaban J connectivity index is 4.47. The van der Waals surface area contributed by atoms with Gasteiger partial charge >= 0.3 is 17.9 Å². The van der Waals surface area contributed by atoms with Crippen LogP contribution in [-0.4, -0.2) is 37.2 Å². The fourth-order valence-electron chi connectivity index (χ4n) is 6.62. The molecule has 0 aromatic heterocycles. The molecule has 0 aromatic carbocycles. The van der Waals surface area contributed by atoms with Gasteiger partial charge in [0, 0.05) is 19.3 Å². The van der Waals surface area contributed by atoms with Gasteiger partial charge in [-0.25, -0.2) is 0 Å². The predicted octanol–water partition coefficient (Wildman–Crippen LogP) is 16.4. The van der Waals surface area contributed by atoms with Crippen LogP contribution in [0.3, 0.4) is 0 Å². The van der Waals surface area contributed by atoms with Crippen LogP contribution in [0.4, 0.5) is 0 Å². The van der Waals surface area contributed by atoms with Crippen LogP contribution in [0.5, 0.6) is 0 Å². The van der Waals surface area contributed by atoms with Crippen molar-refractivity contribution in [1.29, 1.82) is 0 Å². The van der Waals surface area contributed by atoms with E-state index in [0.29, 0.717) is 19.3 Å². The van der Waals surface area contributed by atoms with E-state index >= 15 is 0 Å². The van der Waals surface area contributed by atoms with Gasteiger partial charge in [-0.05, 0) is 77.0 Å². The Morgan fingerprint density at radius 3 is 1.15 bits per heavy atom. The highest BCUT2D eigenvalue weighted by molar-refractivity contribution is 5.71. The molecule has 1 atom stereocenters. The molecule has 0 saturated heterocycles. The molecule has 0 bridgehead atoms. The molecular formula is C55H92O6. The molecule has 0 spiro atoms. The zero-order valence-electron chi connectivity index (χ0n) is 39.7. The predicted molar refractivity (Wildman–Crippen MR) is 261 cm³/mol. The second-order valence-corrected chi connectivity index (χ2v) is 16.3. The molecule has 0 amide bonds. The van der Waals surface area contributed by atoms with E-state index in [1.54, 1.807) is 0 Å². The van der Waals surface area contributed by atoms with Crippen molar-refractivity contribution in [3.05, 3.63) is 85.1 Å². The number of carbonyl (C=O) groups excluding carboxylic acids is 3. The fourth-order valence-corrected chi connectivity index (χ4v) is 6.62. The smallest absolute Gasteiger partial charge is 0.306 e. The molecule has 6 nitrogen and oxygen atoms in total. The highest BCUT2D eigenvalue weighted by Crippen LogP contribution is 2.14. The summed E-state index contributed by atoms with van der Waals surface area (Å²) < 4.78 is 16.7. The van der Waals surface area contributed by atoms with Gasteiger partial charge in [0.1, 0.15) is 13.2 Å². The lowest BCUT2D eigenvalue weighted by atomic mass is 10.0. The van der Waals surface area contributed by atoms with E-state index in [0.717, 1.165) is 96.3 Å². The first kappa shape index (κ1) is 57.6. The maximum atomic E-state index is 12.8. The van der Waals surface area contributed by atoms with Crippen LogP contribution in [0.25, 0.3) is 0 Å². The monoisotopic (exact) mass is 849 g/mol. The van der Waals surface area contributed by atoms with Gasteiger partial charge in [-0.3, -0.25) is 14.4 Å². The van der Waals surface area contributed by atoms with Gasteiger partial charge in [0.05, 0.1) is 0 Å². The summed E-state index contributed by atoms with van der Waals surface area (Å²) >= 11 is 0. The van der Waals surface area contributed by atoms with E-state index in [1.807, 2.05) is 6.08 Å². The summed E-state index contributed by atoms with van der Waals surface area (Å²) in [5.74, 6) is -1.01. The molecule has 0 aromatic rings. The Morgan fingerprint density at radius 2 is 0.689 bits per heavy atom. The molecule has 0 aliphatic carbocycles. The average molecular weight is 849 g/mol. The van der Waals surface area contributed by atoms with Crippen molar-refractivity contribution >= 4 is 17.9 Å². The second kappa shape index (κ2) is 49.2. The molecule has 0 N–H and O–H groups in total. The van der Waals surface area contributed by atoms with Crippen LogP contribution in [0, 0.1) is 0 Å². The van der Waals surface area contributed by atoms with Crippen LogP contribution in [-0.2, 0) is 28.6 Å². The Bertz CT molecular complexity index is 1200. The molecule has 0 fully saturated rings. The van der Waals surface area contributed by atoms with E-state index < -0.39 is 6.10 Å². The fraction of sp³-hybridized carbons (Fsp3) is 0.691. The van der Waals surface area contributed by atoms with Crippen molar-refractivity contribution in [1.82, 2.24) is 0 Å². The van der Waals surface area contributed by atoms with Gasteiger partial charge in [-0.2, -0.15) is 0 Å². The minimum absolute atomic E-state index is 0.105. The van der Waals surface area contributed by atoms with Crippen molar-refractivity contribution in [2.24, 2.45) is 0 Å².